The number of piperidine rings is 1. The summed E-state index contributed by atoms with van der Waals surface area (Å²) in [5, 5.41) is 0. The molecule has 0 aromatic rings. The van der Waals surface area contributed by atoms with Gasteiger partial charge in [-0.3, -0.25) is 9.69 Å². The Hall–Kier alpha value is -0.370. The standard InChI is InChI=1S/C15H25NO/c1-2-11-5-3-4-6-15(11)16-12-7-8-13(16)10-14(17)9-12/h11-13,15H,2-10H2,1H3. The molecule has 3 fully saturated rings. The molecule has 1 saturated carbocycles. The number of nitrogens with zero attached hydrogens (tertiary/aromatic N) is 1. The van der Waals surface area contributed by atoms with Crippen molar-refractivity contribution in [1.29, 1.82) is 0 Å². The Balaban J connectivity index is 1.77. The zero-order valence-corrected chi connectivity index (χ0v) is 11.0. The number of carbonyl (C=O) groups is 1. The topological polar surface area (TPSA) is 20.3 Å². The van der Waals surface area contributed by atoms with Gasteiger partial charge in [-0.05, 0) is 31.6 Å². The molecule has 2 nitrogen and oxygen atoms in total. The molecule has 0 radical (unpaired) electrons. The monoisotopic (exact) mass is 235 g/mol. The molecule has 2 bridgehead atoms. The first kappa shape index (κ1) is 11.7. The van der Waals surface area contributed by atoms with Crippen molar-refractivity contribution in [2.24, 2.45) is 5.92 Å². The molecular weight excluding hydrogens is 210 g/mol. The van der Waals surface area contributed by atoms with Crippen LogP contribution in [0.1, 0.15) is 64.7 Å². The molecule has 4 unspecified atom stereocenters. The van der Waals surface area contributed by atoms with Crippen molar-refractivity contribution in [2.45, 2.75) is 82.8 Å². The highest BCUT2D eigenvalue weighted by Crippen LogP contribution is 2.41. The Kier molecular flexibility index (Phi) is 3.25. The van der Waals surface area contributed by atoms with Crippen LogP contribution in [0.15, 0.2) is 0 Å². The second kappa shape index (κ2) is 4.72. The molecule has 17 heavy (non-hydrogen) atoms. The van der Waals surface area contributed by atoms with Crippen LogP contribution >= 0.6 is 0 Å². The van der Waals surface area contributed by atoms with E-state index in [1.54, 1.807) is 0 Å². The van der Waals surface area contributed by atoms with Gasteiger partial charge in [0.1, 0.15) is 5.78 Å². The maximum atomic E-state index is 11.7. The fraction of sp³-hybridized carbons (Fsp3) is 0.933. The zero-order chi connectivity index (χ0) is 11.8. The Morgan fingerprint density at radius 1 is 1.06 bits per heavy atom. The van der Waals surface area contributed by atoms with Gasteiger partial charge in [-0.1, -0.05) is 26.2 Å². The molecule has 0 aromatic heterocycles. The van der Waals surface area contributed by atoms with Gasteiger partial charge in [-0.15, -0.1) is 0 Å². The lowest BCUT2D eigenvalue weighted by Crippen LogP contribution is -2.52. The van der Waals surface area contributed by atoms with Crippen molar-refractivity contribution in [3.63, 3.8) is 0 Å². The van der Waals surface area contributed by atoms with Crippen LogP contribution in [0.2, 0.25) is 0 Å². The molecule has 2 saturated heterocycles. The fourth-order valence-electron chi connectivity index (χ4n) is 4.60. The van der Waals surface area contributed by atoms with Gasteiger partial charge in [0.25, 0.3) is 0 Å². The summed E-state index contributed by atoms with van der Waals surface area (Å²) >= 11 is 0. The fourth-order valence-corrected chi connectivity index (χ4v) is 4.60. The second-order valence-corrected chi connectivity index (χ2v) is 6.30. The number of ketones is 1. The van der Waals surface area contributed by atoms with Gasteiger partial charge in [-0.2, -0.15) is 0 Å². The molecule has 0 N–H and O–H groups in total. The molecule has 1 aliphatic carbocycles. The van der Waals surface area contributed by atoms with E-state index in [0.717, 1.165) is 24.8 Å². The summed E-state index contributed by atoms with van der Waals surface area (Å²) in [6.07, 6.45) is 11.2. The van der Waals surface area contributed by atoms with Gasteiger partial charge in [0.15, 0.2) is 0 Å². The molecule has 2 aliphatic heterocycles. The average Bonchev–Trinajstić information content (AvgIpc) is 2.61. The van der Waals surface area contributed by atoms with Gasteiger partial charge < -0.3 is 0 Å². The van der Waals surface area contributed by atoms with E-state index < -0.39 is 0 Å². The summed E-state index contributed by atoms with van der Waals surface area (Å²) in [5.74, 6) is 1.43. The maximum Gasteiger partial charge on any atom is 0.136 e. The average molecular weight is 235 g/mol. The molecular formula is C15H25NO. The van der Waals surface area contributed by atoms with Crippen LogP contribution in [-0.4, -0.2) is 28.8 Å². The summed E-state index contributed by atoms with van der Waals surface area (Å²) in [6.45, 7) is 2.35. The van der Waals surface area contributed by atoms with E-state index in [0.29, 0.717) is 17.9 Å². The summed E-state index contributed by atoms with van der Waals surface area (Å²) in [5.41, 5.74) is 0. The zero-order valence-electron chi connectivity index (χ0n) is 11.0. The first-order valence-electron chi connectivity index (χ1n) is 7.58. The van der Waals surface area contributed by atoms with Crippen molar-refractivity contribution in [3.05, 3.63) is 0 Å². The maximum absolute atomic E-state index is 11.7. The van der Waals surface area contributed by atoms with Gasteiger partial charge in [0.2, 0.25) is 0 Å². The van der Waals surface area contributed by atoms with Crippen LogP contribution in [0.25, 0.3) is 0 Å². The lowest BCUT2D eigenvalue weighted by atomic mass is 9.80. The third-order valence-electron chi connectivity index (χ3n) is 5.38. The highest BCUT2D eigenvalue weighted by Gasteiger charge is 2.45. The van der Waals surface area contributed by atoms with Crippen LogP contribution in [0.5, 0.6) is 0 Å². The van der Waals surface area contributed by atoms with E-state index in [4.69, 9.17) is 0 Å². The summed E-state index contributed by atoms with van der Waals surface area (Å²) in [7, 11) is 0. The molecule has 0 spiro atoms. The highest BCUT2D eigenvalue weighted by atomic mass is 16.1. The minimum atomic E-state index is 0.526. The van der Waals surface area contributed by atoms with Gasteiger partial charge >= 0.3 is 0 Å². The predicted octanol–water partition coefficient (Wildman–Crippen LogP) is 3.15. The Labute approximate surface area is 105 Å². The number of hydrogen-bond donors (Lipinski definition) is 0. The van der Waals surface area contributed by atoms with E-state index in [9.17, 15) is 4.79 Å². The number of Topliss-reactive ketones (excluding diaryl/α,β-unsaturated/α-hetero) is 1. The molecule has 0 amide bonds. The smallest absolute Gasteiger partial charge is 0.136 e. The van der Waals surface area contributed by atoms with Crippen LogP contribution in [0.3, 0.4) is 0 Å². The molecule has 3 rings (SSSR count). The van der Waals surface area contributed by atoms with E-state index in [1.807, 2.05) is 0 Å². The van der Waals surface area contributed by atoms with Crippen LogP contribution in [0, 0.1) is 5.92 Å². The Morgan fingerprint density at radius 2 is 1.71 bits per heavy atom. The highest BCUT2D eigenvalue weighted by molar-refractivity contribution is 5.81. The lowest BCUT2D eigenvalue weighted by molar-refractivity contribution is -0.125. The molecule has 3 aliphatic rings. The van der Waals surface area contributed by atoms with Crippen LogP contribution < -0.4 is 0 Å². The normalized spacial score (nSPS) is 43.0. The van der Waals surface area contributed by atoms with E-state index >= 15 is 0 Å². The molecule has 96 valence electrons. The first-order valence-corrected chi connectivity index (χ1v) is 7.58. The summed E-state index contributed by atoms with van der Waals surface area (Å²) in [4.78, 5) is 14.5. The van der Waals surface area contributed by atoms with Crippen LogP contribution in [-0.2, 0) is 4.79 Å². The number of rotatable bonds is 2. The SMILES string of the molecule is CCC1CCCCC1N1C2CCC1CC(=O)C2. The number of hydrogen-bond acceptors (Lipinski definition) is 2. The number of fused-ring (bicyclic) bond motifs is 2. The van der Waals surface area contributed by atoms with Gasteiger partial charge in [0, 0.05) is 31.0 Å². The first-order chi connectivity index (χ1) is 8.29. The summed E-state index contributed by atoms with van der Waals surface area (Å²) in [6, 6.07) is 2.02. The minimum Gasteiger partial charge on any atom is -0.300 e. The van der Waals surface area contributed by atoms with Crippen LogP contribution in [0.4, 0.5) is 0 Å². The molecule has 2 heterocycles. The number of carbonyl (C=O) groups excluding carboxylic acids is 1. The third-order valence-corrected chi connectivity index (χ3v) is 5.38. The second-order valence-electron chi connectivity index (χ2n) is 6.30. The van der Waals surface area contributed by atoms with Crippen molar-refractivity contribution in [2.75, 3.05) is 0 Å². The molecule has 4 atom stereocenters. The largest absolute Gasteiger partial charge is 0.300 e. The van der Waals surface area contributed by atoms with E-state index in [2.05, 4.69) is 11.8 Å². The van der Waals surface area contributed by atoms with Gasteiger partial charge in [0.05, 0.1) is 0 Å². The van der Waals surface area contributed by atoms with Crippen molar-refractivity contribution in [1.82, 2.24) is 4.90 Å². The minimum absolute atomic E-state index is 0.526. The van der Waals surface area contributed by atoms with Gasteiger partial charge in [-0.25, -0.2) is 0 Å². The Bertz CT molecular complexity index is 285. The summed E-state index contributed by atoms with van der Waals surface area (Å²) < 4.78 is 0. The van der Waals surface area contributed by atoms with E-state index in [-0.39, 0.29) is 0 Å². The third kappa shape index (κ3) is 2.05. The van der Waals surface area contributed by atoms with Crippen molar-refractivity contribution in [3.8, 4) is 0 Å². The Morgan fingerprint density at radius 3 is 2.35 bits per heavy atom. The predicted molar refractivity (Wildman–Crippen MR) is 68.9 cm³/mol. The van der Waals surface area contributed by atoms with Crippen molar-refractivity contribution >= 4 is 5.78 Å². The molecule has 0 aromatic carbocycles. The quantitative estimate of drug-likeness (QED) is 0.733. The van der Waals surface area contributed by atoms with Crippen molar-refractivity contribution < 1.29 is 4.79 Å². The molecule has 2 heteroatoms. The lowest BCUT2D eigenvalue weighted by Gasteiger charge is -2.45. The van der Waals surface area contributed by atoms with E-state index in [1.165, 1.54) is 44.9 Å².